The second kappa shape index (κ2) is 5.87. The SMILES string of the molecule is CN(CCS(C)(=O)=O)S(=O)(=O)c1csc(CCl)c1. The van der Waals surface area contributed by atoms with E-state index in [1.165, 1.54) is 29.8 Å². The maximum atomic E-state index is 12.1. The Bertz CT molecular complexity index is 606. The topological polar surface area (TPSA) is 71.5 Å². The van der Waals surface area contributed by atoms with Gasteiger partial charge in [0.25, 0.3) is 0 Å². The monoisotopic (exact) mass is 331 g/mol. The molecule has 5 nitrogen and oxygen atoms in total. The van der Waals surface area contributed by atoms with Gasteiger partial charge >= 0.3 is 0 Å². The van der Waals surface area contributed by atoms with Gasteiger partial charge in [0.05, 0.1) is 16.5 Å². The lowest BCUT2D eigenvalue weighted by molar-refractivity contribution is 0.485. The number of rotatable bonds is 6. The van der Waals surface area contributed by atoms with Gasteiger partial charge in [-0.15, -0.1) is 22.9 Å². The average Bonchev–Trinajstić information content (AvgIpc) is 2.73. The molecule has 0 spiro atoms. The van der Waals surface area contributed by atoms with Crippen molar-refractivity contribution in [3.63, 3.8) is 0 Å². The molecule has 0 unspecified atom stereocenters. The van der Waals surface area contributed by atoms with Gasteiger partial charge in [-0.2, -0.15) is 4.31 Å². The molecular weight excluding hydrogens is 318 g/mol. The molecule has 104 valence electrons. The first-order chi connectivity index (χ1) is 8.16. The molecule has 0 radical (unpaired) electrons. The van der Waals surface area contributed by atoms with Crippen molar-refractivity contribution in [2.45, 2.75) is 10.8 Å². The molecule has 0 aliphatic carbocycles. The lowest BCUT2D eigenvalue weighted by Crippen LogP contribution is -2.31. The summed E-state index contributed by atoms with van der Waals surface area (Å²) in [5.41, 5.74) is 0. The molecule has 1 rings (SSSR count). The summed E-state index contributed by atoms with van der Waals surface area (Å²) < 4.78 is 47.2. The van der Waals surface area contributed by atoms with Crippen LogP contribution in [0.1, 0.15) is 4.88 Å². The van der Waals surface area contributed by atoms with Gasteiger partial charge in [0, 0.05) is 30.1 Å². The van der Waals surface area contributed by atoms with Crippen LogP contribution in [0.2, 0.25) is 0 Å². The maximum Gasteiger partial charge on any atom is 0.243 e. The fourth-order valence-corrected chi connectivity index (χ4v) is 4.43. The quantitative estimate of drug-likeness (QED) is 0.733. The Labute approximate surface area is 116 Å². The van der Waals surface area contributed by atoms with Gasteiger partial charge in [-0.3, -0.25) is 0 Å². The summed E-state index contributed by atoms with van der Waals surface area (Å²) >= 11 is 6.88. The minimum Gasteiger partial charge on any atom is -0.229 e. The minimum atomic E-state index is -3.63. The van der Waals surface area contributed by atoms with Gasteiger partial charge < -0.3 is 0 Å². The van der Waals surface area contributed by atoms with Gasteiger partial charge in [0.2, 0.25) is 10.0 Å². The molecular formula is C9H14ClNO4S3. The van der Waals surface area contributed by atoms with Crippen LogP contribution in [0.25, 0.3) is 0 Å². The van der Waals surface area contributed by atoms with Crippen molar-refractivity contribution in [1.82, 2.24) is 4.31 Å². The molecule has 0 bridgehead atoms. The molecule has 0 N–H and O–H groups in total. The van der Waals surface area contributed by atoms with Gasteiger partial charge in [-0.25, -0.2) is 16.8 Å². The summed E-state index contributed by atoms with van der Waals surface area (Å²) in [6, 6.07) is 1.50. The minimum absolute atomic E-state index is 0.0623. The van der Waals surface area contributed by atoms with Crippen molar-refractivity contribution in [2.24, 2.45) is 0 Å². The van der Waals surface area contributed by atoms with Crippen molar-refractivity contribution >= 4 is 42.8 Å². The molecule has 0 atom stereocenters. The zero-order valence-electron chi connectivity index (χ0n) is 9.96. The van der Waals surface area contributed by atoms with E-state index in [1.807, 2.05) is 0 Å². The highest BCUT2D eigenvalue weighted by atomic mass is 35.5. The van der Waals surface area contributed by atoms with E-state index in [2.05, 4.69) is 0 Å². The third-order valence-corrected chi connectivity index (χ3v) is 6.54. The Morgan fingerprint density at radius 2 is 1.94 bits per heavy atom. The lowest BCUT2D eigenvalue weighted by atomic mass is 10.5. The normalized spacial score (nSPS) is 13.1. The summed E-state index contributed by atoms with van der Waals surface area (Å²) in [5.74, 6) is 0.0580. The molecule has 1 aromatic heterocycles. The van der Waals surface area contributed by atoms with Crippen molar-refractivity contribution in [2.75, 3.05) is 25.6 Å². The predicted octanol–water partition coefficient (Wildman–Crippen LogP) is 1.15. The molecule has 1 heterocycles. The van der Waals surface area contributed by atoms with Gasteiger partial charge in [0.15, 0.2) is 0 Å². The summed E-state index contributed by atoms with van der Waals surface area (Å²) in [4.78, 5) is 0.908. The number of hydrogen-bond acceptors (Lipinski definition) is 5. The number of sulfonamides is 1. The molecule has 1 aromatic rings. The second-order valence-electron chi connectivity index (χ2n) is 3.84. The third kappa shape index (κ3) is 4.20. The molecule has 0 aliphatic rings. The molecule has 18 heavy (non-hydrogen) atoms. The fraction of sp³-hybridized carbons (Fsp3) is 0.556. The molecule has 0 aliphatic heterocycles. The van der Waals surface area contributed by atoms with Crippen molar-refractivity contribution in [3.05, 3.63) is 16.3 Å². The molecule has 0 fully saturated rings. The standard InChI is InChI=1S/C9H14ClNO4S3/c1-11(3-4-17(2,12)13)18(14,15)9-5-8(6-10)16-7-9/h5,7H,3-4,6H2,1-2H3. The summed E-state index contributed by atoms with van der Waals surface area (Å²) in [7, 11) is -5.46. The van der Waals surface area contributed by atoms with Crippen LogP contribution in [0, 0.1) is 0 Å². The van der Waals surface area contributed by atoms with Crippen LogP contribution >= 0.6 is 22.9 Å². The van der Waals surface area contributed by atoms with Crippen LogP contribution in [0.5, 0.6) is 0 Å². The second-order valence-corrected chi connectivity index (χ2v) is 9.41. The van der Waals surface area contributed by atoms with E-state index in [0.29, 0.717) is 0 Å². The summed E-state index contributed by atoms with van der Waals surface area (Å²) in [5, 5.41) is 1.50. The van der Waals surface area contributed by atoms with Crippen molar-refractivity contribution in [3.8, 4) is 0 Å². The van der Waals surface area contributed by atoms with Crippen molar-refractivity contribution < 1.29 is 16.8 Å². The smallest absolute Gasteiger partial charge is 0.229 e. The number of nitrogens with zero attached hydrogens (tertiary/aromatic N) is 1. The molecule has 9 heteroatoms. The summed E-state index contributed by atoms with van der Waals surface area (Å²) in [6.45, 7) is -0.0623. The van der Waals surface area contributed by atoms with Gasteiger partial charge in [0.1, 0.15) is 9.84 Å². The van der Waals surface area contributed by atoms with Crippen LogP contribution in [-0.2, 0) is 25.7 Å². The van der Waals surface area contributed by atoms with E-state index >= 15 is 0 Å². The number of thiophene rings is 1. The zero-order chi connectivity index (χ0) is 14.0. The Morgan fingerprint density at radius 3 is 2.39 bits per heavy atom. The molecule has 0 amide bonds. The first kappa shape index (κ1) is 15.9. The predicted molar refractivity (Wildman–Crippen MR) is 73.4 cm³/mol. The van der Waals surface area contributed by atoms with Crippen molar-refractivity contribution in [1.29, 1.82) is 0 Å². The van der Waals surface area contributed by atoms with Gasteiger partial charge in [-0.05, 0) is 6.07 Å². The Morgan fingerprint density at radius 1 is 1.33 bits per heavy atom. The maximum absolute atomic E-state index is 12.1. The third-order valence-electron chi connectivity index (χ3n) is 2.25. The molecule has 0 aromatic carbocycles. The number of halogens is 1. The Balaban J connectivity index is 2.86. The van der Waals surface area contributed by atoms with E-state index in [-0.39, 0.29) is 23.1 Å². The van der Waals surface area contributed by atoms with E-state index < -0.39 is 19.9 Å². The first-order valence-electron chi connectivity index (χ1n) is 4.94. The fourth-order valence-electron chi connectivity index (χ4n) is 1.16. The van der Waals surface area contributed by atoms with E-state index in [9.17, 15) is 16.8 Å². The number of sulfone groups is 1. The molecule has 0 saturated carbocycles. The Kier molecular flexibility index (Phi) is 5.19. The highest BCUT2D eigenvalue weighted by Crippen LogP contribution is 2.23. The van der Waals surface area contributed by atoms with Crippen LogP contribution in [0.15, 0.2) is 16.3 Å². The van der Waals surface area contributed by atoms with Crippen LogP contribution in [0.3, 0.4) is 0 Å². The van der Waals surface area contributed by atoms with Gasteiger partial charge in [-0.1, -0.05) is 0 Å². The van der Waals surface area contributed by atoms with Crippen LogP contribution in [-0.4, -0.2) is 46.7 Å². The van der Waals surface area contributed by atoms with E-state index in [4.69, 9.17) is 11.6 Å². The van der Waals surface area contributed by atoms with Crippen LogP contribution < -0.4 is 0 Å². The first-order valence-corrected chi connectivity index (χ1v) is 9.86. The highest BCUT2D eigenvalue weighted by Gasteiger charge is 2.22. The van der Waals surface area contributed by atoms with Crippen LogP contribution in [0.4, 0.5) is 0 Å². The lowest BCUT2D eigenvalue weighted by Gasteiger charge is -2.15. The summed E-state index contributed by atoms with van der Waals surface area (Å²) in [6.07, 6.45) is 1.07. The average molecular weight is 332 g/mol. The zero-order valence-corrected chi connectivity index (χ0v) is 13.2. The Hall–Kier alpha value is -0.150. The highest BCUT2D eigenvalue weighted by molar-refractivity contribution is 7.91. The number of hydrogen-bond donors (Lipinski definition) is 0. The van der Waals surface area contributed by atoms with E-state index in [1.54, 1.807) is 0 Å². The largest absolute Gasteiger partial charge is 0.243 e. The molecule has 0 saturated heterocycles. The van der Waals surface area contributed by atoms with E-state index in [0.717, 1.165) is 15.4 Å². The number of alkyl halides is 1.